The predicted octanol–water partition coefficient (Wildman–Crippen LogP) is 1.31. The number of hydrogen-bond acceptors (Lipinski definition) is 3. The third-order valence-corrected chi connectivity index (χ3v) is 2.40. The Bertz CT molecular complexity index is 354. The van der Waals surface area contributed by atoms with Gasteiger partial charge < -0.3 is 15.2 Å². The molecule has 0 heterocycles. The van der Waals surface area contributed by atoms with Crippen molar-refractivity contribution in [3.8, 4) is 5.75 Å². The average molecular weight is 231 g/mol. The minimum atomic E-state index is -0.951. The second kappa shape index (κ2) is 5.23. The van der Waals surface area contributed by atoms with Gasteiger partial charge in [-0.15, -0.1) is 0 Å². The molecule has 5 heteroatoms. The molecule has 0 bridgehead atoms. The van der Waals surface area contributed by atoms with Gasteiger partial charge in [-0.1, -0.05) is 0 Å². The van der Waals surface area contributed by atoms with Crippen molar-refractivity contribution in [3.63, 3.8) is 0 Å². The summed E-state index contributed by atoms with van der Waals surface area (Å²) in [5, 5.41) is 12.0. The first kappa shape index (κ1) is 12.9. The smallest absolute Gasteiger partial charge is 0.162 e. The number of hydrogen-bond donors (Lipinski definition) is 2. The largest absolute Gasteiger partial charge is 0.491 e. The average Bonchev–Trinajstić information content (AvgIpc) is 2.30. The zero-order chi connectivity index (χ0) is 12.2. The Balaban J connectivity index is 2.64. The minimum absolute atomic E-state index is 0.118. The maximum absolute atomic E-state index is 12.8. The van der Waals surface area contributed by atoms with E-state index in [0.29, 0.717) is 0 Å². The number of likely N-dealkylation sites (N-methyl/N-ethyl adjacent to an activating group) is 1. The molecule has 3 nitrogen and oxygen atoms in total. The molecule has 16 heavy (non-hydrogen) atoms. The van der Waals surface area contributed by atoms with Crippen LogP contribution in [0.3, 0.4) is 0 Å². The lowest BCUT2D eigenvalue weighted by Crippen LogP contribution is -2.48. The number of nitrogens with one attached hydrogen (secondary N) is 1. The van der Waals surface area contributed by atoms with Crippen LogP contribution in [0.4, 0.5) is 8.78 Å². The van der Waals surface area contributed by atoms with Crippen molar-refractivity contribution in [2.45, 2.75) is 12.5 Å². The number of halogens is 2. The number of ether oxygens (including phenoxy) is 1. The molecule has 0 radical (unpaired) electrons. The molecule has 0 aliphatic heterocycles. The third kappa shape index (κ3) is 3.15. The summed E-state index contributed by atoms with van der Waals surface area (Å²) in [4.78, 5) is 0. The van der Waals surface area contributed by atoms with Crippen molar-refractivity contribution < 1.29 is 18.6 Å². The normalized spacial score (nSPS) is 14.6. The summed E-state index contributed by atoms with van der Waals surface area (Å²) in [5.41, 5.74) is -0.606. The summed E-state index contributed by atoms with van der Waals surface area (Å²) < 4.78 is 30.7. The molecule has 1 unspecified atom stereocenters. The van der Waals surface area contributed by atoms with Gasteiger partial charge in [0.15, 0.2) is 11.6 Å². The molecule has 1 aromatic rings. The van der Waals surface area contributed by atoms with Gasteiger partial charge in [0, 0.05) is 6.07 Å². The fourth-order valence-electron chi connectivity index (χ4n) is 1.01. The van der Waals surface area contributed by atoms with Crippen LogP contribution in [0.2, 0.25) is 0 Å². The van der Waals surface area contributed by atoms with E-state index in [1.807, 2.05) is 0 Å². The maximum Gasteiger partial charge on any atom is 0.162 e. The topological polar surface area (TPSA) is 41.5 Å². The zero-order valence-electron chi connectivity index (χ0n) is 9.26. The highest BCUT2D eigenvalue weighted by atomic mass is 19.2. The lowest BCUT2D eigenvalue weighted by atomic mass is 10.1. The quantitative estimate of drug-likeness (QED) is 0.803. The van der Waals surface area contributed by atoms with Crippen molar-refractivity contribution in [1.29, 1.82) is 0 Å². The molecule has 0 saturated carbocycles. The van der Waals surface area contributed by atoms with E-state index in [-0.39, 0.29) is 19.0 Å². The van der Waals surface area contributed by atoms with E-state index >= 15 is 0 Å². The summed E-state index contributed by atoms with van der Waals surface area (Å²) in [6, 6.07) is 3.31. The molecule has 2 N–H and O–H groups in total. The molecule has 0 spiro atoms. The van der Waals surface area contributed by atoms with Gasteiger partial charge in [-0.25, -0.2) is 8.78 Å². The van der Waals surface area contributed by atoms with E-state index in [9.17, 15) is 8.78 Å². The van der Waals surface area contributed by atoms with Crippen LogP contribution in [-0.4, -0.2) is 30.9 Å². The van der Waals surface area contributed by atoms with Crippen molar-refractivity contribution in [3.05, 3.63) is 29.8 Å². The molecule has 0 aliphatic carbocycles. The summed E-state index contributed by atoms with van der Waals surface area (Å²) >= 11 is 0. The SMILES string of the molecule is CNC(C)(CO)COc1ccc(F)c(F)c1. The molecule has 1 aromatic carbocycles. The van der Waals surface area contributed by atoms with Crippen molar-refractivity contribution in [1.82, 2.24) is 5.32 Å². The first-order valence-corrected chi connectivity index (χ1v) is 4.88. The highest BCUT2D eigenvalue weighted by Gasteiger charge is 2.21. The lowest BCUT2D eigenvalue weighted by Gasteiger charge is -2.26. The molecule has 0 aromatic heterocycles. The van der Waals surface area contributed by atoms with E-state index < -0.39 is 17.2 Å². The molecule has 0 saturated heterocycles. The molecule has 0 amide bonds. The number of aliphatic hydroxyl groups excluding tert-OH is 1. The number of benzene rings is 1. The van der Waals surface area contributed by atoms with Crippen LogP contribution in [-0.2, 0) is 0 Å². The Morgan fingerprint density at radius 3 is 2.56 bits per heavy atom. The van der Waals surface area contributed by atoms with Crippen LogP contribution in [0, 0.1) is 11.6 Å². The molecule has 0 aliphatic rings. The zero-order valence-corrected chi connectivity index (χ0v) is 9.26. The van der Waals surface area contributed by atoms with Crippen molar-refractivity contribution in [2.24, 2.45) is 0 Å². The van der Waals surface area contributed by atoms with Gasteiger partial charge in [0.25, 0.3) is 0 Å². The minimum Gasteiger partial charge on any atom is -0.491 e. The Kier molecular flexibility index (Phi) is 4.20. The standard InChI is InChI=1S/C11H15F2NO2/c1-11(6-15,14-2)7-16-8-3-4-9(12)10(13)5-8/h3-5,14-15H,6-7H2,1-2H3. The Morgan fingerprint density at radius 1 is 1.38 bits per heavy atom. The van der Waals surface area contributed by atoms with Crippen LogP contribution in [0.5, 0.6) is 5.75 Å². The number of rotatable bonds is 5. The van der Waals surface area contributed by atoms with Gasteiger partial charge in [-0.2, -0.15) is 0 Å². The van der Waals surface area contributed by atoms with E-state index in [1.54, 1.807) is 14.0 Å². The van der Waals surface area contributed by atoms with Crippen LogP contribution in [0.25, 0.3) is 0 Å². The van der Waals surface area contributed by atoms with Gasteiger partial charge in [0.1, 0.15) is 12.4 Å². The highest BCUT2D eigenvalue weighted by molar-refractivity contribution is 5.23. The highest BCUT2D eigenvalue weighted by Crippen LogP contribution is 2.16. The van der Waals surface area contributed by atoms with E-state index in [0.717, 1.165) is 12.1 Å². The summed E-state index contributed by atoms with van der Waals surface area (Å²) in [6.45, 7) is 1.80. The van der Waals surface area contributed by atoms with Crippen molar-refractivity contribution >= 4 is 0 Å². The van der Waals surface area contributed by atoms with E-state index in [2.05, 4.69) is 5.32 Å². The monoisotopic (exact) mass is 231 g/mol. The fraction of sp³-hybridized carbons (Fsp3) is 0.455. The van der Waals surface area contributed by atoms with E-state index in [1.165, 1.54) is 6.07 Å². The Labute approximate surface area is 93.0 Å². The van der Waals surface area contributed by atoms with Crippen LogP contribution >= 0.6 is 0 Å². The van der Waals surface area contributed by atoms with Crippen molar-refractivity contribution in [2.75, 3.05) is 20.3 Å². The molecular formula is C11H15F2NO2. The molecule has 90 valence electrons. The first-order chi connectivity index (χ1) is 7.50. The predicted molar refractivity (Wildman–Crippen MR) is 56.4 cm³/mol. The van der Waals surface area contributed by atoms with Crippen LogP contribution in [0.1, 0.15) is 6.92 Å². The maximum atomic E-state index is 12.8. The second-order valence-electron chi connectivity index (χ2n) is 3.83. The van der Waals surface area contributed by atoms with E-state index in [4.69, 9.17) is 9.84 Å². The second-order valence-corrected chi connectivity index (χ2v) is 3.83. The Morgan fingerprint density at radius 2 is 2.06 bits per heavy atom. The van der Waals surface area contributed by atoms with Gasteiger partial charge in [-0.3, -0.25) is 0 Å². The summed E-state index contributed by atoms with van der Waals surface area (Å²) in [6.07, 6.45) is 0. The van der Waals surface area contributed by atoms with Crippen LogP contribution < -0.4 is 10.1 Å². The molecule has 1 rings (SSSR count). The van der Waals surface area contributed by atoms with Gasteiger partial charge >= 0.3 is 0 Å². The molecule has 0 fully saturated rings. The van der Waals surface area contributed by atoms with Crippen LogP contribution in [0.15, 0.2) is 18.2 Å². The summed E-state index contributed by atoms with van der Waals surface area (Å²) in [5.74, 6) is -1.63. The Hall–Kier alpha value is -1.20. The third-order valence-electron chi connectivity index (χ3n) is 2.40. The van der Waals surface area contributed by atoms with Gasteiger partial charge in [0.05, 0.1) is 12.1 Å². The lowest BCUT2D eigenvalue weighted by molar-refractivity contribution is 0.122. The first-order valence-electron chi connectivity index (χ1n) is 4.88. The molecule has 1 atom stereocenters. The number of aliphatic hydroxyl groups is 1. The summed E-state index contributed by atoms with van der Waals surface area (Å²) in [7, 11) is 1.69. The fourth-order valence-corrected chi connectivity index (χ4v) is 1.01. The van der Waals surface area contributed by atoms with Gasteiger partial charge in [-0.05, 0) is 26.1 Å². The molecular weight excluding hydrogens is 216 g/mol. The van der Waals surface area contributed by atoms with Gasteiger partial charge in [0.2, 0.25) is 0 Å².